The molecule has 0 N–H and O–H groups in total. The van der Waals surface area contributed by atoms with Crippen LogP contribution in [0.5, 0.6) is 5.75 Å². The van der Waals surface area contributed by atoms with Crippen molar-refractivity contribution in [2.24, 2.45) is 11.8 Å². The van der Waals surface area contributed by atoms with E-state index in [-0.39, 0.29) is 11.0 Å². The fourth-order valence-electron chi connectivity index (χ4n) is 9.06. The van der Waals surface area contributed by atoms with Gasteiger partial charge in [0.15, 0.2) is 0 Å². The van der Waals surface area contributed by atoms with Crippen molar-refractivity contribution < 1.29 is 9.47 Å². The largest absolute Gasteiger partial charge is 0.497 e. The number of ether oxygens (including phenoxy) is 2. The molecular weight excluding hydrogens is 408 g/mol. The molecule has 2 saturated carbocycles. The fourth-order valence-corrected chi connectivity index (χ4v) is 9.06. The minimum atomic E-state index is -0.0197. The predicted octanol–water partition coefficient (Wildman–Crippen LogP) is 4.41. The van der Waals surface area contributed by atoms with Gasteiger partial charge in [-0.1, -0.05) is 24.3 Å². The molecule has 0 radical (unpaired) electrons. The van der Waals surface area contributed by atoms with Crippen LogP contribution < -0.4 is 9.64 Å². The molecule has 8 rings (SSSR count). The number of methoxy groups -OCH3 is 1. The lowest BCUT2D eigenvalue weighted by Crippen LogP contribution is -2.74. The van der Waals surface area contributed by atoms with E-state index >= 15 is 0 Å². The summed E-state index contributed by atoms with van der Waals surface area (Å²) in [5.74, 6) is 2.51. The average molecular weight is 443 g/mol. The summed E-state index contributed by atoms with van der Waals surface area (Å²) in [6.45, 7) is 3.55. The molecular formula is C29H34N2O2. The van der Waals surface area contributed by atoms with Crippen molar-refractivity contribution in [1.29, 1.82) is 0 Å². The van der Waals surface area contributed by atoms with E-state index < -0.39 is 0 Å². The second-order valence-electron chi connectivity index (χ2n) is 11.6. The first-order valence-corrected chi connectivity index (χ1v) is 13.1. The van der Waals surface area contributed by atoms with Gasteiger partial charge in [-0.15, -0.1) is 0 Å². The van der Waals surface area contributed by atoms with Gasteiger partial charge >= 0.3 is 0 Å². The highest BCUT2D eigenvalue weighted by Crippen LogP contribution is 2.70. The van der Waals surface area contributed by atoms with Gasteiger partial charge in [-0.25, -0.2) is 0 Å². The summed E-state index contributed by atoms with van der Waals surface area (Å²) in [6.07, 6.45) is 8.00. The highest BCUT2D eigenvalue weighted by Gasteiger charge is 2.77. The van der Waals surface area contributed by atoms with Gasteiger partial charge in [0.1, 0.15) is 5.75 Å². The van der Waals surface area contributed by atoms with Gasteiger partial charge in [0.25, 0.3) is 0 Å². The van der Waals surface area contributed by atoms with E-state index in [1.807, 2.05) is 7.11 Å². The van der Waals surface area contributed by atoms with Crippen molar-refractivity contribution in [3.8, 4) is 5.75 Å². The molecule has 4 heteroatoms. The third-order valence-electron chi connectivity index (χ3n) is 10.4. The lowest BCUT2D eigenvalue weighted by Gasteiger charge is -2.65. The Morgan fingerprint density at radius 3 is 2.76 bits per heavy atom. The number of benzene rings is 2. The maximum atomic E-state index is 7.42. The molecule has 6 atom stereocenters. The number of nitrogens with zero attached hydrogens (tertiary/aromatic N) is 2. The minimum absolute atomic E-state index is 0.0197. The Balaban J connectivity index is 1.29. The molecule has 3 saturated heterocycles. The molecule has 33 heavy (non-hydrogen) atoms. The van der Waals surface area contributed by atoms with Crippen LogP contribution in [0, 0.1) is 11.8 Å². The van der Waals surface area contributed by atoms with E-state index in [9.17, 15) is 0 Å². The molecule has 4 bridgehead atoms. The third-order valence-corrected chi connectivity index (χ3v) is 10.4. The zero-order valence-electron chi connectivity index (χ0n) is 19.6. The average Bonchev–Trinajstić information content (AvgIpc) is 3.54. The van der Waals surface area contributed by atoms with Gasteiger partial charge in [0.05, 0.1) is 18.8 Å². The summed E-state index contributed by atoms with van der Waals surface area (Å²) in [5, 5.41) is 0. The normalized spacial score (nSPS) is 40.5. The number of hydrogen-bond acceptors (Lipinski definition) is 4. The van der Waals surface area contributed by atoms with Crippen LogP contribution in [0.1, 0.15) is 43.2 Å². The molecule has 172 valence electrons. The first-order chi connectivity index (χ1) is 16.2. The molecule has 3 aliphatic heterocycles. The van der Waals surface area contributed by atoms with E-state index in [1.54, 1.807) is 11.1 Å². The second kappa shape index (κ2) is 6.55. The summed E-state index contributed by atoms with van der Waals surface area (Å²) in [6, 6.07) is 19.1. The van der Waals surface area contributed by atoms with Crippen molar-refractivity contribution in [2.45, 2.75) is 67.7 Å². The van der Waals surface area contributed by atoms with Crippen LogP contribution in [0.4, 0.5) is 5.69 Å². The first-order valence-electron chi connectivity index (χ1n) is 13.1. The number of rotatable bonds is 4. The Morgan fingerprint density at radius 1 is 1.06 bits per heavy atom. The topological polar surface area (TPSA) is 24.9 Å². The van der Waals surface area contributed by atoms with E-state index in [1.165, 1.54) is 50.9 Å². The van der Waals surface area contributed by atoms with Crippen molar-refractivity contribution in [1.82, 2.24) is 4.90 Å². The van der Waals surface area contributed by atoms with E-state index in [0.29, 0.717) is 24.1 Å². The number of hydrogen-bond donors (Lipinski definition) is 0. The Kier molecular flexibility index (Phi) is 3.83. The second-order valence-corrected chi connectivity index (χ2v) is 11.6. The van der Waals surface area contributed by atoms with Gasteiger partial charge in [0, 0.05) is 42.2 Å². The standard InChI is InChI=1S/C29H34N2O2/c1-32-22-10-9-20-15-26-29-12-11-24-27(25(33-29)18-31(24)21-5-3-2-4-6-21)28(29,23(20)16-22)13-14-30(26)17-19-7-8-19/h2-6,9-10,16,19,24-27H,7-8,11-15,17-18H2,1H3/t24-,25-,26-,27+,28+,29-/m1/s1. The van der Waals surface area contributed by atoms with Crippen LogP contribution in [0.15, 0.2) is 48.5 Å². The van der Waals surface area contributed by atoms with Crippen LogP contribution >= 0.6 is 0 Å². The summed E-state index contributed by atoms with van der Waals surface area (Å²) < 4.78 is 13.2. The molecule has 3 heterocycles. The lowest BCUT2D eigenvalue weighted by atomic mass is 9.46. The molecule has 2 aromatic carbocycles. The summed E-state index contributed by atoms with van der Waals surface area (Å²) >= 11 is 0. The lowest BCUT2D eigenvalue weighted by molar-refractivity contribution is -0.162. The van der Waals surface area contributed by atoms with Gasteiger partial charge in [-0.2, -0.15) is 0 Å². The van der Waals surface area contributed by atoms with E-state index in [0.717, 1.165) is 24.6 Å². The number of piperidine rings is 1. The SMILES string of the molecule is COc1ccc2c(c1)[C@]13CCN(CC4CC4)[C@H](C2)[C@]12CC[C@@H]1[C@H]3[C@@H](CN1c1ccccc1)O2. The zero-order valence-corrected chi connectivity index (χ0v) is 19.6. The smallest absolute Gasteiger partial charge is 0.119 e. The van der Waals surface area contributed by atoms with Crippen LogP contribution in [-0.2, 0) is 16.6 Å². The van der Waals surface area contributed by atoms with Crippen molar-refractivity contribution in [2.75, 3.05) is 31.6 Å². The Morgan fingerprint density at radius 2 is 1.94 bits per heavy atom. The summed E-state index contributed by atoms with van der Waals surface area (Å²) in [5.41, 5.74) is 4.59. The Labute approximate surface area is 196 Å². The number of fused-ring (bicyclic) bond motifs is 1. The maximum Gasteiger partial charge on any atom is 0.119 e. The quantitative estimate of drug-likeness (QED) is 0.700. The maximum absolute atomic E-state index is 7.42. The van der Waals surface area contributed by atoms with Gasteiger partial charge in [-0.3, -0.25) is 4.90 Å². The van der Waals surface area contributed by atoms with Crippen LogP contribution in [-0.4, -0.2) is 55.4 Å². The van der Waals surface area contributed by atoms with Crippen molar-refractivity contribution >= 4 is 5.69 Å². The summed E-state index contributed by atoms with van der Waals surface area (Å²) in [4.78, 5) is 5.55. The molecule has 0 amide bonds. The van der Waals surface area contributed by atoms with Gasteiger partial charge in [0.2, 0.25) is 0 Å². The minimum Gasteiger partial charge on any atom is -0.497 e. The zero-order chi connectivity index (χ0) is 21.8. The summed E-state index contributed by atoms with van der Waals surface area (Å²) in [7, 11) is 1.81. The third kappa shape index (κ3) is 2.34. The molecule has 0 aromatic heterocycles. The molecule has 2 aromatic rings. The number of para-hydroxylation sites is 1. The van der Waals surface area contributed by atoms with Gasteiger partial charge in [-0.05, 0) is 86.4 Å². The molecule has 0 unspecified atom stereocenters. The number of anilines is 1. The van der Waals surface area contributed by atoms with Crippen LogP contribution in [0.25, 0.3) is 0 Å². The highest BCUT2D eigenvalue weighted by atomic mass is 16.5. The Bertz CT molecular complexity index is 1100. The molecule has 5 fully saturated rings. The van der Waals surface area contributed by atoms with Crippen LogP contribution in [0.3, 0.4) is 0 Å². The Hall–Kier alpha value is -2.04. The van der Waals surface area contributed by atoms with E-state index in [2.05, 4.69) is 58.3 Å². The highest BCUT2D eigenvalue weighted by molar-refractivity contribution is 5.56. The van der Waals surface area contributed by atoms with Crippen molar-refractivity contribution in [3.63, 3.8) is 0 Å². The van der Waals surface area contributed by atoms with Crippen molar-refractivity contribution in [3.05, 3.63) is 59.7 Å². The predicted molar refractivity (Wildman–Crippen MR) is 129 cm³/mol. The monoisotopic (exact) mass is 442 g/mol. The molecule has 4 nitrogen and oxygen atoms in total. The van der Waals surface area contributed by atoms with E-state index in [4.69, 9.17) is 9.47 Å². The fraction of sp³-hybridized carbons (Fsp3) is 0.586. The first kappa shape index (κ1) is 19.3. The molecule has 3 aliphatic carbocycles. The van der Waals surface area contributed by atoms with Gasteiger partial charge < -0.3 is 14.4 Å². The molecule has 6 aliphatic rings. The number of likely N-dealkylation sites (tertiary alicyclic amines) is 1. The van der Waals surface area contributed by atoms with Crippen LogP contribution in [0.2, 0.25) is 0 Å². The molecule has 0 spiro atoms.